The van der Waals surface area contributed by atoms with Crippen molar-refractivity contribution in [2.45, 2.75) is 12.5 Å². The lowest BCUT2D eigenvalue weighted by molar-refractivity contribution is -0.0243. The quantitative estimate of drug-likeness (QED) is 0.470. The molecule has 0 aliphatic heterocycles. The molecule has 2 N–H and O–H groups in total. The van der Waals surface area contributed by atoms with Gasteiger partial charge in [-0.2, -0.15) is 0 Å². The molecule has 0 amide bonds. The molecule has 0 saturated heterocycles. The van der Waals surface area contributed by atoms with Gasteiger partial charge in [-0.3, -0.25) is 0 Å². The van der Waals surface area contributed by atoms with E-state index < -0.39 is 0 Å². The molecular weight excluding hydrogens is 188 g/mol. The smallest absolute Gasteiger partial charge is 0.0826 e. The number of aliphatic hydroxyl groups is 2. The van der Waals surface area contributed by atoms with Crippen molar-refractivity contribution in [3.05, 3.63) is 0 Å². The summed E-state index contributed by atoms with van der Waals surface area (Å²) in [6.45, 7) is 1.88. The largest absolute Gasteiger partial charge is 0.396 e. The van der Waals surface area contributed by atoms with Crippen LogP contribution in [0.15, 0.2) is 0 Å². The van der Waals surface area contributed by atoms with E-state index in [4.69, 9.17) is 24.4 Å². The third kappa shape index (κ3) is 8.40. The van der Waals surface area contributed by atoms with E-state index in [1.165, 1.54) is 0 Å². The summed E-state index contributed by atoms with van der Waals surface area (Å²) < 4.78 is 15.3. The van der Waals surface area contributed by atoms with E-state index in [1.807, 2.05) is 0 Å². The zero-order valence-electron chi connectivity index (χ0n) is 8.65. The molecule has 5 nitrogen and oxygen atoms in total. The average molecular weight is 208 g/mol. The van der Waals surface area contributed by atoms with Gasteiger partial charge < -0.3 is 24.4 Å². The van der Waals surface area contributed by atoms with E-state index in [9.17, 15) is 0 Å². The minimum Gasteiger partial charge on any atom is -0.396 e. The molecule has 0 aliphatic rings. The van der Waals surface area contributed by atoms with Gasteiger partial charge in [-0.05, 0) is 6.42 Å². The van der Waals surface area contributed by atoms with E-state index >= 15 is 0 Å². The number of ether oxygens (including phenoxy) is 3. The van der Waals surface area contributed by atoms with Crippen LogP contribution in [0.2, 0.25) is 0 Å². The molecular formula is C9H20O5. The molecule has 0 radical (unpaired) electrons. The van der Waals surface area contributed by atoms with Crippen LogP contribution in [0.3, 0.4) is 0 Å². The van der Waals surface area contributed by atoms with Crippen LogP contribution in [0.25, 0.3) is 0 Å². The Labute approximate surface area is 84.6 Å². The molecule has 1 unspecified atom stereocenters. The standard InChI is InChI=1S/C9H20O5/c1-12-9(2-3-10)8-14-7-6-13-5-4-11/h9-11H,2-8H2,1H3. The summed E-state index contributed by atoms with van der Waals surface area (Å²) in [5, 5.41) is 17.1. The molecule has 0 fully saturated rings. The van der Waals surface area contributed by atoms with E-state index in [2.05, 4.69) is 0 Å². The Bertz CT molecular complexity index is 109. The molecule has 86 valence electrons. The fourth-order valence-electron chi connectivity index (χ4n) is 0.912. The minimum atomic E-state index is -0.0576. The van der Waals surface area contributed by atoms with Crippen LogP contribution in [-0.4, -0.2) is 63.1 Å². The highest BCUT2D eigenvalue weighted by atomic mass is 16.5. The molecule has 14 heavy (non-hydrogen) atoms. The maximum atomic E-state index is 8.65. The predicted octanol–water partition coefficient (Wildman–Crippen LogP) is -0.591. The van der Waals surface area contributed by atoms with Gasteiger partial charge in [0.05, 0.1) is 39.1 Å². The van der Waals surface area contributed by atoms with Crippen molar-refractivity contribution in [3.8, 4) is 0 Å². The zero-order valence-corrected chi connectivity index (χ0v) is 8.65. The fourth-order valence-corrected chi connectivity index (χ4v) is 0.912. The maximum absolute atomic E-state index is 8.65. The molecule has 0 rings (SSSR count). The summed E-state index contributed by atoms with van der Waals surface area (Å²) in [4.78, 5) is 0. The average Bonchev–Trinajstić information content (AvgIpc) is 2.21. The van der Waals surface area contributed by atoms with Crippen molar-refractivity contribution in [2.75, 3.05) is 46.8 Å². The molecule has 0 aromatic heterocycles. The Morgan fingerprint density at radius 2 is 1.71 bits per heavy atom. The summed E-state index contributed by atoms with van der Waals surface area (Å²) in [7, 11) is 1.59. The van der Waals surface area contributed by atoms with Gasteiger partial charge in [0.2, 0.25) is 0 Å². The van der Waals surface area contributed by atoms with Crippen molar-refractivity contribution in [1.82, 2.24) is 0 Å². The molecule has 1 atom stereocenters. The van der Waals surface area contributed by atoms with Crippen LogP contribution in [0.5, 0.6) is 0 Å². The van der Waals surface area contributed by atoms with E-state index in [0.29, 0.717) is 32.8 Å². The van der Waals surface area contributed by atoms with Gasteiger partial charge in [0.1, 0.15) is 0 Å². The minimum absolute atomic E-state index is 0.0329. The summed E-state index contributed by atoms with van der Waals surface area (Å²) >= 11 is 0. The highest BCUT2D eigenvalue weighted by molar-refractivity contribution is 4.54. The highest BCUT2D eigenvalue weighted by Gasteiger charge is 2.05. The molecule has 0 aromatic rings. The first-order chi connectivity index (χ1) is 6.85. The molecule has 0 spiro atoms. The van der Waals surface area contributed by atoms with Crippen LogP contribution < -0.4 is 0 Å². The zero-order chi connectivity index (χ0) is 10.6. The Balaban J connectivity index is 3.15. The second kappa shape index (κ2) is 10.9. The molecule has 0 aliphatic carbocycles. The van der Waals surface area contributed by atoms with Gasteiger partial charge >= 0.3 is 0 Å². The predicted molar refractivity (Wildman–Crippen MR) is 51.2 cm³/mol. The number of aliphatic hydroxyl groups excluding tert-OH is 2. The lowest BCUT2D eigenvalue weighted by atomic mass is 10.3. The SMILES string of the molecule is COC(CCO)COCCOCCO. The molecule has 0 saturated carbocycles. The third-order valence-electron chi connectivity index (χ3n) is 1.70. The van der Waals surface area contributed by atoms with Gasteiger partial charge in [-0.25, -0.2) is 0 Å². The number of hydrogen-bond donors (Lipinski definition) is 2. The number of methoxy groups -OCH3 is 1. The second-order valence-electron chi connectivity index (χ2n) is 2.78. The van der Waals surface area contributed by atoms with Gasteiger partial charge in [0.15, 0.2) is 0 Å². The second-order valence-corrected chi connectivity index (χ2v) is 2.78. The Morgan fingerprint density at radius 1 is 1.00 bits per heavy atom. The summed E-state index contributed by atoms with van der Waals surface area (Å²) in [5.41, 5.74) is 0. The first-order valence-corrected chi connectivity index (χ1v) is 4.75. The van der Waals surface area contributed by atoms with E-state index in [1.54, 1.807) is 7.11 Å². The lowest BCUT2D eigenvalue weighted by Gasteiger charge is -2.13. The van der Waals surface area contributed by atoms with Crippen molar-refractivity contribution < 1.29 is 24.4 Å². The normalized spacial score (nSPS) is 13.1. The summed E-state index contributed by atoms with van der Waals surface area (Å²) in [6, 6.07) is 0. The van der Waals surface area contributed by atoms with Gasteiger partial charge in [0, 0.05) is 13.7 Å². The van der Waals surface area contributed by atoms with Crippen molar-refractivity contribution >= 4 is 0 Å². The van der Waals surface area contributed by atoms with Gasteiger partial charge in [-0.1, -0.05) is 0 Å². The van der Waals surface area contributed by atoms with E-state index in [0.717, 1.165) is 0 Å². The first-order valence-electron chi connectivity index (χ1n) is 4.75. The Kier molecular flexibility index (Phi) is 10.7. The van der Waals surface area contributed by atoms with Crippen molar-refractivity contribution in [1.29, 1.82) is 0 Å². The van der Waals surface area contributed by atoms with E-state index in [-0.39, 0.29) is 19.3 Å². The van der Waals surface area contributed by atoms with Crippen molar-refractivity contribution in [2.24, 2.45) is 0 Å². The maximum Gasteiger partial charge on any atom is 0.0826 e. The lowest BCUT2D eigenvalue weighted by Crippen LogP contribution is -2.21. The van der Waals surface area contributed by atoms with Gasteiger partial charge in [-0.15, -0.1) is 0 Å². The van der Waals surface area contributed by atoms with Crippen molar-refractivity contribution in [3.63, 3.8) is 0 Å². The summed E-state index contributed by atoms with van der Waals surface area (Å²) in [5.74, 6) is 0. The summed E-state index contributed by atoms with van der Waals surface area (Å²) in [6.07, 6.45) is 0.520. The molecule has 5 heteroatoms. The first kappa shape index (κ1) is 13.8. The molecule has 0 heterocycles. The topological polar surface area (TPSA) is 68.2 Å². The van der Waals surface area contributed by atoms with Crippen LogP contribution in [-0.2, 0) is 14.2 Å². The van der Waals surface area contributed by atoms with Crippen LogP contribution >= 0.6 is 0 Å². The van der Waals surface area contributed by atoms with Crippen LogP contribution in [0, 0.1) is 0 Å². The Hall–Kier alpha value is -0.200. The Morgan fingerprint density at radius 3 is 2.29 bits per heavy atom. The molecule has 0 aromatic carbocycles. The fraction of sp³-hybridized carbons (Fsp3) is 1.00. The van der Waals surface area contributed by atoms with Gasteiger partial charge in [0.25, 0.3) is 0 Å². The number of rotatable bonds is 10. The third-order valence-corrected chi connectivity index (χ3v) is 1.70. The highest BCUT2D eigenvalue weighted by Crippen LogP contribution is 1.96. The van der Waals surface area contributed by atoms with Crippen LogP contribution in [0.4, 0.5) is 0 Å². The molecule has 0 bridgehead atoms. The number of hydrogen-bond acceptors (Lipinski definition) is 5. The van der Waals surface area contributed by atoms with Crippen LogP contribution in [0.1, 0.15) is 6.42 Å². The monoisotopic (exact) mass is 208 g/mol.